The van der Waals surface area contributed by atoms with E-state index in [1.165, 1.54) is 18.5 Å². The van der Waals surface area contributed by atoms with Gasteiger partial charge in [-0.3, -0.25) is 10.4 Å². The van der Waals surface area contributed by atoms with Crippen molar-refractivity contribution in [3.63, 3.8) is 0 Å². The number of rotatable bonds is 1. The summed E-state index contributed by atoms with van der Waals surface area (Å²) in [5.74, 6) is 0.822. The lowest BCUT2D eigenvalue weighted by atomic mass is 10.0. The summed E-state index contributed by atoms with van der Waals surface area (Å²) in [6.45, 7) is 3.62. The molecule has 3 N–H and O–H groups in total. The first-order valence-electron chi connectivity index (χ1n) is 10.3. The highest BCUT2D eigenvalue weighted by atomic mass is 16.6. The summed E-state index contributed by atoms with van der Waals surface area (Å²) >= 11 is 0. The molecule has 0 saturated carbocycles. The first kappa shape index (κ1) is 18.4. The molecule has 2 aliphatic rings. The maximum Gasteiger partial charge on any atom is 0.213 e. The van der Waals surface area contributed by atoms with Gasteiger partial charge in [-0.15, -0.1) is 0 Å². The van der Waals surface area contributed by atoms with Crippen LogP contribution in [-0.2, 0) is 11.3 Å². The predicted octanol–water partition coefficient (Wildman–Crippen LogP) is 2.99. The molecular formula is C22H26N4O3. The molecule has 0 amide bonds. The number of nitrogens with zero attached hydrogens (tertiary/aromatic N) is 2. The van der Waals surface area contributed by atoms with Gasteiger partial charge >= 0.3 is 0 Å². The zero-order valence-electron chi connectivity index (χ0n) is 16.4. The number of aromatic amines is 1. The third-order valence-corrected chi connectivity index (χ3v) is 5.57. The number of aliphatic hydroxyl groups excluding tert-OH is 1. The van der Waals surface area contributed by atoms with Gasteiger partial charge in [0.15, 0.2) is 0 Å². The number of nitrogens with one attached hydrogen (secondary N) is 2. The van der Waals surface area contributed by atoms with E-state index in [2.05, 4.69) is 44.7 Å². The molecule has 7 heteroatoms. The molecule has 3 heterocycles. The molecule has 1 fully saturated rings. The van der Waals surface area contributed by atoms with Crippen LogP contribution in [0.2, 0.25) is 0 Å². The molecule has 3 aromatic rings. The average molecular weight is 394 g/mol. The van der Waals surface area contributed by atoms with Crippen LogP contribution in [0.25, 0.3) is 22.2 Å². The number of hydrogen-bond acceptors (Lipinski definition) is 6. The van der Waals surface area contributed by atoms with E-state index >= 15 is 0 Å². The number of H-pyrrole nitrogens is 1. The summed E-state index contributed by atoms with van der Waals surface area (Å²) < 4.78 is 11.5. The topological polar surface area (TPSA) is 82.6 Å². The minimum Gasteiger partial charge on any atom is -0.494 e. The van der Waals surface area contributed by atoms with Crippen LogP contribution in [0.5, 0.6) is 5.75 Å². The van der Waals surface area contributed by atoms with Crippen LogP contribution in [-0.4, -0.2) is 48.0 Å². The second-order valence-corrected chi connectivity index (χ2v) is 7.68. The Hall–Kier alpha value is -2.61. The summed E-state index contributed by atoms with van der Waals surface area (Å²) in [5, 5.41) is 21.9. The molecule has 4 bridgehead atoms. The largest absolute Gasteiger partial charge is 0.494 e. The number of benzene rings is 2. The molecule has 2 aromatic carbocycles. The van der Waals surface area contributed by atoms with Crippen molar-refractivity contribution >= 4 is 16.6 Å². The van der Waals surface area contributed by atoms with Crippen LogP contribution < -0.4 is 15.0 Å². The predicted molar refractivity (Wildman–Crippen MR) is 112 cm³/mol. The van der Waals surface area contributed by atoms with Crippen LogP contribution in [0.1, 0.15) is 24.8 Å². The molecule has 5 rings (SSSR count). The minimum atomic E-state index is -1.00. The molecular weight excluding hydrogens is 368 g/mol. The fourth-order valence-corrected chi connectivity index (χ4v) is 4.08. The van der Waals surface area contributed by atoms with Gasteiger partial charge in [0, 0.05) is 36.3 Å². The van der Waals surface area contributed by atoms with Gasteiger partial charge in [0.25, 0.3) is 0 Å². The van der Waals surface area contributed by atoms with Crippen molar-refractivity contribution in [2.75, 3.05) is 31.1 Å². The van der Waals surface area contributed by atoms with Gasteiger partial charge in [-0.25, -0.2) is 0 Å². The van der Waals surface area contributed by atoms with Crippen molar-refractivity contribution in [3.8, 4) is 17.0 Å². The van der Waals surface area contributed by atoms with E-state index < -0.39 is 6.41 Å². The van der Waals surface area contributed by atoms with Crippen LogP contribution >= 0.6 is 0 Å². The van der Waals surface area contributed by atoms with Gasteiger partial charge < -0.3 is 19.5 Å². The highest BCUT2D eigenvalue weighted by molar-refractivity contribution is 5.94. The van der Waals surface area contributed by atoms with E-state index in [0.717, 1.165) is 53.0 Å². The highest BCUT2D eigenvalue weighted by Crippen LogP contribution is 2.33. The van der Waals surface area contributed by atoms with Crippen molar-refractivity contribution in [1.82, 2.24) is 15.5 Å². The summed E-state index contributed by atoms with van der Waals surface area (Å²) in [7, 11) is 0. The fraction of sp³-hybridized carbons (Fsp3) is 0.409. The van der Waals surface area contributed by atoms with Gasteiger partial charge in [-0.2, -0.15) is 5.10 Å². The first-order valence-corrected chi connectivity index (χ1v) is 10.3. The summed E-state index contributed by atoms with van der Waals surface area (Å²) in [5.41, 5.74) is 5.12. The molecule has 1 aromatic heterocycles. The van der Waals surface area contributed by atoms with Gasteiger partial charge in [0.1, 0.15) is 11.4 Å². The smallest absolute Gasteiger partial charge is 0.213 e. The lowest BCUT2D eigenvalue weighted by molar-refractivity contribution is -0.128. The number of aromatic nitrogens is 2. The van der Waals surface area contributed by atoms with Crippen molar-refractivity contribution < 1.29 is 14.6 Å². The van der Waals surface area contributed by atoms with E-state index in [0.29, 0.717) is 19.8 Å². The summed E-state index contributed by atoms with van der Waals surface area (Å²) in [4.78, 5) is 2.40. The zero-order valence-corrected chi connectivity index (χ0v) is 16.4. The van der Waals surface area contributed by atoms with Crippen molar-refractivity contribution in [2.45, 2.75) is 32.3 Å². The third-order valence-electron chi connectivity index (χ3n) is 5.57. The van der Waals surface area contributed by atoms with E-state index in [1.807, 2.05) is 12.1 Å². The number of ether oxygens (including phenoxy) is 2. The van der Waals surface area contributed by atoms with Crippen LogP contribution in [0.3, 0.4) is 0 Å². The molecule has 29 heavy (non-hydrogen) atoms. The maximum absolute atomic E-state index is 10.1. The van der Waals surface area contributed by atoms with Gasteiger partial charge in [0.2, 0.25) is 6.41 Å². The van der Waals surface area contributed by atoms with E-state index in [-0.39, 0.29) is 0 Å². The molecule has 1 unspecified atom stereocenters. The Morgan fingerprint density at radius 1 is 1.07 bits per heavy atom. The second-order valence-electron chi connectivity index (χ2n) is 7.68. The van der Waals surface area contributed by atoms with Crippen molar-refractivity contribution in [3.05, 3.63) is 42.0 Å². The lowest BCUT2D eigenvalue weighted by Crippen LogP contribution is -2.32. The van der Waals surface area contributed by atoms with Gasteiger partial charge in [-0.1, -0.05) is 0 Å². The summed E-state index contributed by atoms with van der Waals surface area (Å²) in [6.07, 6.45) is 2.19. The molecule has 0 aliphatic carbocycles. The maximum atomic E-state index is 10.1. The fourth-order valence-electron chi connectivity index (χ4n) is 4.08. The lowest BCUT2D eigenvalue weighted by Gasteiger charge is -2.20. The minimum absolute atomic E-state index is 0.326. The Kier molecular flexibility index (Phi) is 5.10. The molecule has 1 atom stereocenters. The molecule has 1 saturated heterocycles. The molecule has 2 aliphatic heterocycles. The van der Waals surface area contributed by atoms with Crippen molar-refractivity contribution in [2.24, 2.45) is 0 Å². The summed E-state index contributed by atoms with van der Waals surface area (Å²) in [6, 6.07) is 12.5. The SMILES string of the molecule is OC1NCCCOc2ccc3[nH]nc(c3c2)-c2cc(cc(N3CCCC3)c2)CO1. The molecule has 0 spiro atoms. The molecule has 0 radical (unpaired) electrons. The number of aliphatic hydroxyl groups is 1. The number of anilines is 1. The normalized spacial score (nSPS) is 20.4. The van der Waals surface area contributed by atoms with E-state index in [9.17, 15) is 5.11 Å². The van der Waals surface area contributed by atoms with Gasteiger partial charge in [0.05, 0.1) is 18.7 Å². The Bertz CT molecular complexity index is 997. The number of hydrogen-bond donors (Lipinski definition) is 3. The van der Waals surface area contributed by atoms with E-state index in [1.54, 1.807) is 0 Å². The van der Waals surface area contributed by atoms with E-state index in [4.69, 9.17) is 9.47 Å². The molecule has 152 valence electrons. The highest BCUT2D eigenvalue weighted by Gasteiger charge is 2.17. The van der Waals surface area contributed by atoms with Crippen LogP contribution in [0.15, 0.2) is 36.4 Å². The second kappa shape index (κ2) is 8.02. The standard InChI is InChI=1S/C22H26N4O3/c27-22-23-6-3-9-28-18-4-5-20-19(13-18)21(25-24-20)16-10-15(14-29-22)11-17(12-16)26-7-1-2-8-26/h4-5,10-13,22-23,27H,1-3,6-9,14H2,(H,24,25). The first-order chi connectivity index (χ1) is 14.3. The van der Waals surface area contributed by atoms with Crippen LogP contribution in [0, 0.1) is 0 Å². The molecule has 7 nitrogen and oxygen atoms in total. The zero-order chi connectivity index (χ0) is 19.6. The Morgan fingerprint density at radius 2 is 1.97 bits per heavy atom. The Labute approximate surface area is 169 Å². The van der Waals surface area contributed by atoms with Crippen molar-refractivity contribution in [1.29, 1.82) is 0 Å². The third kappa shape index (κ3) is 3.94. The van der Waals surface area contributed by atoms with Crippen LogP contribution in [0.4, 0.5) is 5.69 Å². The monoisotopic (exact) mass is 394 g/mol. The average Bonchev–Trinajstić information content (AvgIpc) is 3.41. The number of fused-ring (bicyclic) bond motifs is 4. The quantitative estimate of drug-likeness (QED) is 0.589. The van der Waals surface area contributed by atoms with Gasteiger partial charge in [-0.05, 0) is 61.2 Å². The Balaban J connectivity index is 1.60. The Morgan fingerprint density at radius 3 is 2.86 bits per heavy atom.